The van der Waals surface area contributed by atoms with Crippen LogP contribution in [0.1, 0.15) is 10.4 Å². The lowest BCUT2D eigenvalue weighted by Gasteiger charge is -2.13. The van der Waals surface area contributed by atoms with Crippen LogP contribution in [0, 0.1) is 0 Å². The number of carbonyl (C=O) groups is 1. The van der Waals surface area contributed by atoms with Gasteiger partial charge in [0.1, 0.15) is 11.5 Å². The molecule has 0 unspecified atom stereocenters. The van der Waals surface area contributed by atoms with E-state index in [-0.39, 0.29) is 17.1 Å². The van der Waals surface area contributed by atoms with E-state index in [9.17, 15) is 9.59 Å². The van der Waals surface area contributed by atoms with Gasteiger partial charge < -0.3 is 9.47 Å². The highest BCUT2D eigenvalue weighted by molar-refractivity contribution is 7.99. The summed E-state index contributed by atoms with van der Waals surface area (Å²) in [5.41, 5.74) is 1.57. The van der Waals surface area contributed by atoms with Crippen LogP contribution < -0.4 is 15.0 Å². The molecular weight excluding hydrogens is 412 g/mol. The summed E-state index contributed by atoms with van der Waals surface area (Å²) in [6.45, 7) is 0. The van der Waals surface area contributed by atoms with Crippen LogP contribution in [-0.2, 0) is 0 Å². The predicted molar refractivity (Wildman–Crippen MR) is 122 cm³/mol. The average molecular weight is 433 g/mol. The maximum Gasteiger partial charge on any atom is 0.266 e. The third-order valence-electron chi connectivity index (χ3n) is 4.80. The van der Waals surface area contributed by atoms with Crippen molar-refractivity contribution < 1.29 is 14.3 Å². The van der Waals surface area contributed by atoms with Gasteiger partial charge in [0.2, 0.25) is 0 Å². The van der Waals surface area contributed by atoms with Crippen LogP contribution in [0.4, 0.5) is 0 Å². The molecule has 1 aromatic heterocycles. The van der Waals surface area contributed by atoms with Gasteiger partial charge >= 0.3 is 0 Å². The number of hydrogen-bond acceptors (Lipinski definition) is 6. The molecule has 0 saturated carbocycles. The van der Waals surface area contributed by atoms with E-state index >= 15 is 0 Å². The molecule has 6 nitrogen and oxygen atoms in total. The van der Waals surface area contributed by atoms with Gasteiger partial charge in [0.25, 0.3) is 5.56 Å². The van der Waals surface area contributed by atoms with Crippen molar-refractivity contribution in [1.82, 2.24) is 9.55 Å². The monoisotopic (exact) mass is 432 g/mol. The number of aromatic nitrogens is 2. The van der Waals surface area contributed by atoms with E-state index in [0.29, 0.717) is 38.8 Å². The Kier molecular flexibility index (Phi) is 6.04. The molecule has 7 heteroatoms. The van der Waals surface area contributed by atoms with Crippen LogP contribution in [-0.4, -0.2) is 35.3 Å². The van der Waals surface area contributed by atoms with Gasteiger partial charge in [-0.25, -0.2) is 4.98 Å². The summed E-state index contributed by atoms with van der Waals surface area (Å²) >= 11 is 1.22. The number of Topliss-reactive ketones (excluding diaryl/α,β-unsaturated/α-hetero) is 1. The molecule has 0 aliphatic rings. The molecule has 0 amide bonds. The molecule has 156 valence electrons. The Bertz CT molecular complexity index is 1300. The first kappa shape index (κ1) is 20.7. The van der Waals surface area contributed by atoms with E-state index in [1.165, 1.54) is 18.9 Å². The smallest absolute Gasteiger partial charge is 0.266 e. The standard InChI is InChI=1S/C24H20N2O4S/c1-29-17-12-13-19(22(14-17)30-2)21(27)15-31-24-25-20-11-7-6-10-18(20)23(28)26(24)16-8-4-3-5-9-16/h3-14H,15H2,1-2H3. The first-order valence-corrected chi connectivity index (χ1v) is 10.6. The topological polar surface area (TPSA) is 70.4 Å². The number of methoxy groups -OCH3 is 2. The van der Waals surface area contributed by atoms with E-state index in [4.69, 9.17) is 9.47 Å². The van der Waals surface area contributed by atoms with Crippen molar-refractivity contribution in [3.05, 3.63) is 88.7 Å². The van der Waals surface area contributed by atoms with Crippen LogP contribution in [0.5, 0.6) is 11.5 Å². The molecule has 0 aliphatic heterocycles. The number of para-hydroxylation sites is 2. The van der Waals surface area contributed by atoms with Crippen LogP contribution in [0.2, 0.25) is 0 Å². The number of hydrogen-bond donors (Lipinski definition) is 0. The fourth-order valence-corrected chi connectivity index (χ4v) is 4.15. The molecule has 0 radical (unpaired) electrons. The van der Waals surface area contributed by atoms with Gasteiger partial charge in [-0.05, 0) is 36.4 Å². The van der Waals surface area contributed by atoms with Gasteiger partial charge in [-0.2, -0.15) is 0 Å². The molecule has 31 heavy (non-hydrogen) atoms. The number of carbonyl (C=O) groups excluding carboxylic acids is 1. The van der Waals surface area contributed by atoms with Gasteiger partial charge in [-0.15, -0.1) is 0 Å². The molecule has 0 saturated heterocycles. The van der Waals surface area contributed by atoms with Crippen LogP contribution in [0.25, 0.3) is 16.6 Å². The first-order valence-electron chi connectivity index (χ1n) is 9.57. The van der Waals surface area contributed by atoms with Crippen molar-refractivity contribution >= 4 is 28.4 Å². The highest BCUT2D eigenvalue weighted by Gasteiger charge is 2.18. The molecule has 1 heterocycles. The summed E-state index contributed by atoms with van der Waals surface area (Å²) < 4.78 is 12.1. The summed E-state index contributed by atoms with van der Waals surface area (Å²) in [5.74, 6) is 1.01. The largest absolute Gasteiger partial charge is 0.497 e. The molecule has 0 fully saturated rings. The molecule has 0 bridgehead atoms. The molecule has 4 aromatic rings. The van der Waals surface area contributed by atoms with E-state index in [1.54, 1.807) is 42.0 Å². The molecule has 4 rings (SSSR count). The maximum atomic E-state index is 13.2. The van der Waals surface area contributed by atoms with E-state index in [1.807, 2.05) is 42.5 Å². The minimum absolute atomic E-state index is 0.0975. The zero-order valence-electron chi connectivity index (χ0n) is 17.1. The van der Waals surface area contributed by atoms with Gasteiger partial charge in [0.15, 0.2) is 10.9 Å². The number of nitrogens with zero attached hydrogens (tertiary/aromatic N) is 2. The molecular formula is C24H20N2O4S. The van der Waals surface area contributed by atoms with Crippen molar-refractivity contribution in [2.45, 2.75) is 5.16 Å². The van der Waals surface area contributed by atoms with Crippen LogP contribution in [0.15, 0.2) is 82.7 Å². The third kappa shape index (κ3) is 4.18. The maximum absolute atomic E-state index is 13.2. The molecule has 0 aliphatic carbocycles. The quantitative estimate of drug-likeness (QED) is 0.245. The summed E-state index contributed by atoms with van der Waals surface area (Å²) in [5, 5.41) is 0.981. The Morgan fingerprint density at radius 2 is 1.71 bits per heavy atom. The average Bonchev–Trinajstić information content (AvgIpc) is 2.82. The lowest BCUT2D eigenvalue weighted by Crippen LogP contribution is -2.22. The van der Waals surface area contributed by atoms with Crippen molar-refractivity contribution in [2.75, 3.05) is 20.0 Å². The minimum Gasteiger partial charge on any atom is -0.497 e. The number of thioether (sulfide) groups is 1. The van der Waals surface area contributed by atoms with Crippen LogP contribution >= 0.6 is 11.8 Å². The lowest BCUT2D eigenvalue weighted by molar-refractivity contribution is 0.101. The highest BCUT2D eigenvalue weighted by Crippen LogP contribution is 2.28. The number of ether oxygens (including phenoxy) is 2. The third-order valence-corrected chi connectivity index (χ3v) is 5.74. The molecule has 0 N–H and O–H groups in total. The lowest BCUT2D eigenvalue weighted by atomic mass is 10.1. The predicted octanol–water partition coefficient (Wildman–Crippen LogP) is 4.38. The van der Waals surface area contributed by atoms with Crippen molar-refractivity contribution in [3.8, 4) is 17.2 Å². The Hall–Kier alpha value is -3.58. The second-order valence-electron chi connectivity index (χ2n) is 6.67. The zero-order chi connectivity index (χ0) is 21.8. The highest BCUT2D eigenvalue weighted by atomic mass is 32.2. The molecule has 3 aromatic carbocycles. The Labute approximate surface area is 183 Å². The number of rotatable bonds is 7. The number of benzene rings is 3. The summed E-state index contributed by atoms with van der Waals surface area (Å²) in [7, 11) is 3.07. The van der Waals surface area contributed by atoms with Gasteiger partial charge in [-0.1, -0.05) is 42.1 Å². The summed E-state index contributed by atoms with van der Waals surface area (Å²) in [6, 6.07) is 21.6. The van der Waals surface area contributed by atoms with Crippen molar-refractivity contribution in [3.63, 3.8) is 0 Å². The minimum atomic E-state index is -0.172. The normalized spacial score (nSPS) is 10.8. The second-order valence-corrected chi connectivity index (χ2v) is 7.61. The summed E-state index contributed by atoms with van der Waals surface area (Å²) in [6.07, 6.45) is 0. The van der Waals surface area contributed by atoms with E-state index in [2.05, 4.69) is 4.98 Å². The van der Waals surface area contributed by atoms with Gasteiger partial charge in [0.05, 0.1) is 42.1 Å². The van der Waals surface area contributed by atoms with Crippen LogP contribution in [0.3, 0.4) is 0 Å². The van der Waals surface area contributed by atoms with Crippen molar-refractivity contribution in [2.24, 2.45) is 0 Å². The molecule has 0 spiro atoms. The first-order chi connectivity index (χ1) is 15.1. The fourth-order valence-electron chi connectivity index (χ4n) is 3.25. The fraction of sp³-hybridized carbons (Fsp3) is 0.125. The summed E-state index contributed by atoms with van der Waals surface area (Å²) in [4.78, 5) is 30.8. The van der Waals surface area contributed by atoms with Gasteiger partial charge in [0, 0.05) is 6.07 Å². The molecule has 0 atom stereocenters. The Morgan fingerprint density at radius 1 is 0.968 bits per heavy atom. The number of ketones is 1. The second kappa shape index (κ2) is 9.06. The Balaban J connectivity index is 1.72. The SMILES string of the molecule is COc1ccc(C(=O)CSc2nc3ccccc3c(=O)n2-c2ccccc2)c(OC)c1. The van der Waals surface area contributed by atoms with E-state index < -0.39 is 0 Å². The van der Waals surface area contributed by atoms with E-state index in [0.717, 1.165) is 0 Å². The van der Waals surface area contributed by atoms with Gasteiger partial charge in [-0.3, -0.25) is 14.2 Å². The van der Waals surface area contributed by atoms with Crippen molar-refractivity contribution in [1.29, 1.82) is 0 Å². The Morgan fingerprint density at radius 3 is 2.45 bits per heavy atom. The zero-order valence-corrected chi connectivity index (χ0v) is 17.9. The number of fused-ring (bicyclic) bond motifs is 1.